The first-order valence-electron chi connectivity index (χ1n) is 11.1. The van der Waals surface area contributed by atoms with Crippen LogP contribution in [-0.4, -0.2) is 52.9 Å². The number of anilines is 2. The van der Waals surface area contributed by atoms with Gasteiger partial charge in [0.2, 0.25) is 5.95 Å². The van der Waals surface area contributed by atoms with E-state index in [9.17, 15) is 9.59 Å². The molecule has 33 heavy (non-hydrogen) atoms. The third-order valence-corrected chi connectivity index (χ3v) is 6.16. The van der Waals surface area contributed by atoms with Gasteiger partial charge in [-0.1, -0.05) is 42.5 Å². The minimum atomic E-state index is -0.274. The second-order valence-corrected chi connectivity index (χ2v) is 8.35. The van der Waals surface area contributed by atoms with Gasteiger partial charge in [-0.25, -0.2) is 14.9 Å². The number of hydrogen-bond donors (Lipinski definition) is 0. The van der Waals surface area contributed by atoms with E-state index in [4.69, 9.17) is 0 Å². The number of benzene rings is 2. The van der Waals surface area contributed by atoms with E-state index in [-0.39, 0.29) is 11.8 Å². The van der Waals surface area contributed by atoms with E-state index < -0.39 is 0 Å². The van der Waals surface area contributed by atoms with Gasteiger partial charge in [0.05, 0.1) is 11.3 Å². The summed E-state index contributed by atoms with van der Waals surface area (Å²) in [4.78, 5) is 41.6. The second kappa shape index (κ2) is 8.50. The molecule has 0 spiro atoms. The number of carbonyl (C=O) groups is 2. The molecule has 0 saturated carbocycles. The zero-order valence-electron chi connectivity index (χ0n) is 18.7. The predicted octanol–water partition coefficient (Wildman–Crippen LogP) is 3.20. The molecule has 0 bridgehead atoms. The van der Waals surface area contributed by atoms with Gasteiger partial charge < -0.3 is 9.80 Å². The number of aromatic nitrogens is 2. The quantitative estimate of drug-likeness (QED) is 0.582. The van der Waals surface area contributed by atoms with Gasteiger partial charge in [-0.05, 0) is 42.7 Å². The Kier molecular flexibility index (Phi) is 5.38. The third kappa shape index (κ3) is 3.75. The van der Waals surface area contributed by atoms with Crippen molar-refractivity contribution in [2.24, 2.45) is 0 Å². The molecular formula is C26H25N5O2. The molecule has 0 atom stereocenters. The van der Waals surface area contributed by atoms with Crippen molar-refractivity contribution >= 4 is 29.0 Å². The average molecular weight is 440 g/mol. The lowest BCUT2D eigenvalue weighted by molar-refractivity contribution is -0.120. The minimum absolute atomic E-state index is 0.267. The number of carbonyl (C=O) groups excluding carboxylic acids is 2. The standard InChI is InChI=1S/C26H25N5O2/c1-18-9-10-19(2)21(17-18)31-24(32)22(20-7-4-3-5-8-20)23(25(31)33)29-13-15-30(16-14-29)26-27-11-6-12-28-26/h3-12,17H,13-16H2,1-2H3. The van der Waals surface area contributed by atoms with Gasteiger partial charge in [0.1, 0.15) is 5.70 Å². The average Bonchev–Trinajstić information content (AvgIpc) is 3.11. The number of hydrogen-bond acceptors (Lipinski definition) is 6. The van der Waals surface area contributed by atoms with Crippen molar-refractivity contribution in [2.75, 3.05) is 36.0 Å². The molecular weight excluding hydrogens is 414 g/mol. The van der Waals surface area contributed by atoms with Gasteiger partial charge >= 0.3 is 0 Å². The molecule has 2 amide bonds. The molecule has 5 rings (SSSR count). The Morgan fingerprint density at radius 1 is 0.758 bits per heavy atom. The Morgan fingerprint density at radius 2 is 1.42 bits per heavy atom. The summed E-state index contributed by atoms with van der Waals surface area (Å²) in [7, 11) is 0. The second-order valence-electron chi connectivity index (χ2n) is 8.35. The number of piperazine rings is 1. The van der Waals surface area contributed by atoms with E-state index in [2.05, 4.69) is 14.9 Å². The van der Waals surface area contributed by atoms with E-state index in [1.807, 2.05) is 67.3 Å². The first-order chi connectivity index (χ1) is 16.0. The largest absolute Gasteiger partial charge is 0.363 e. The highest BCUT2D eigenvalue weighted by atomic mass is 16.2. The predicted molar refractivity (Wildman–Crippen MR) is 128 cm³/mol. The number of rotatable bonds is 4. The fourth-order valence-electron chi connectivity index (χ4n) is 4.44. The van der Waals surface area contributed by atoms with Crippen molar-refractivity contribution in [2.45, 2.75) is 13.8 Å². The van der Waals surface area contributed by atoms with E-state index in [1.54, 1.807) is 18.5 Å². The van der Waals surface area contributed by atoms with E-state index in [0.717, 1.165) is 16.7 Å². The summed E-state index contributed by atoms with van der Waals surface area (Å²) in [6.45, 7) is 6.42. The maximum Gasteiger partial charge on any atom is 0.282 e. The van der Waals surface area contributed by atoms with Crippen LogP contribution in [0.25, 0.3) is 5.57 Å². The van der Waals surface area contributed by atoms with Crippen molar-refractivity contribution in [1.29, 1.82) is 0 Å². The maximum absolute atomic E-state index is 13.8. The lowest BCUT2D eigenvalue weighted by atomic mass is 10.0. The van der Waals surface area contributed by atoms with Crippen LogP contribution >= 0.6 is 0 Å². The van der Waals surface area contributed by atoms with Gasteiger partial charge in [-0.15, -0.1) is 0 Å². The molecule has 0 aliphatic carbocycles. The molecule has 0 unspecified atom stereocenters. The fraction of sp³-hybridized carbons (Fsp3) is 0.231. The Hall–Kier alpha value is -4.00. The minimum Gasteiger partial charge on any atom is -0.363 e. The Balaban J connectivity index is 1.51. The molecule has 1 saturated heterocycles. The molecule has 1 fully saturated rings. The zero-order valence-corrected chi connectivity index (χ0v) is 18.7. The van der Waals surface area contributed by atoms with Crippen molar-refractivity contribution in [1.82, 2.24) is 14.9 Å². The van der Waals surface area contributed by atoms with Crippen LogP contribution in [0.15, 0.2) is 72.7 Å². The molecule has 7 nitrogen and oxygen atoms in total. The van der Waals surface area contributed by atoms with Gasteiger partial charge in [-0.3, -0.25) is 9.59 Å². The van der Waals surface area contributed by atoms with Crippen molar-refractivity contribution in [3.05, 3.63) is 89.4 Å². The zero-order chi connectivity index (χ0) is 22.9. The molecule has 2 aromatic carbocycles. The first kappa shape index (κ1) is 20.9. The molecule has 2 aliphatic rings. The normalized spacial score (nSPS) is 16.7. The van der Waals surface area contributed by atoms with Crippen molar-refractivity contribution in [3.63, 3.8) is 0 Å². The summed E-state index contributed by atoms with van der Waals surface area (Å²) in [5, 5.41) is 0. The third-order valence-electron chi connectivity index (χ3n) is 6.16. The Labute approximate surface area is 193 Å². The van der Waals surface area contributed by atoms with Crippen LogP contribution < -0.4 is 9.80 Å². The highest BCUT2D eigenvalue weighted by Crippen LogP contribution is 2.36. The first-order valence-corrected chi connectivity index (χ1v) is 11.1. The van der Waals surface area contributed by atoms with Crippen LogP contribution in [0.3, 0.4) is 0 Å². The topological polar surface area (TPSA) is 69.6 Å². The van der Waals surface area contributed by atoms with E-state index >= 15 is 0 Å². The van der Waals surface area contributed by atoms with E-state index in [1.165, 1.54) is 4.90 Å². The summed E-state index contributed by atoms with van der Waals surface area (Å²) < 4.78 is 0. The lowest BCUT2D eigenvalue weighted by Gasteiger charge is -2.36. The summed E-state index contributed by atoms with van der Waals surface area (Å²) in [6.07, 6.45) is 3.46. The molecule has 3 heterocycles. The number of aryl methyl sites for hydroxylation is 2. The molecule has 0 N–H and O–H groups in total. The Morgan fingerprint density at radius 3 is 2.12 bits per heavy atom. The highest BCUT2D eigenvalue weighted by Gasteiger charge is 2.43. The van der Waals surface area contributed by atoms with Crippen LogP contribution in [0.4, 0.5) is 11.6 Å². The molecule has 2 aliphatic heterocycles. The van der Waals surface area contributed by atoms with Gasteiger partial charge in [-0.2, -0.15) is 0 Å². The molecule has 7 heteroatoms. The SMILES string of the molecule is Cc1ccc(C)c(N2C(=O)C(c3ccccc3)=C(N3CCN(c4ncccn4)CC3)C2=O)c1. The summed E-state index contributed by atoms with van der Waals surface area (Å²) in [5.74, 6) is 0.140. The Bertz CT molecular complexity index is 1230. The molecule has 0 radical (unpaired) electrons. The van der Waals surface area contributed by atoms with Crippen molar-refractivity contribution < 1.29 is 9.59 Å². The van der Waals surface area contributed by atoms with Crippen LogP contribution in [-0.2, 0) is 9.59 Å². The van der Waals surface area contributed by atoms with Gasteiger partial charge in [0, 0.05) is 38.6 Å². The van der Waals surface area contributed by atoms with E-state index in [0.29, 0.717) is 49.1 Å². The lowest BCUT2D eigenvalue weighted by Crippen LogP contribution is -2.48. The smallest absolute Gasteiger partial charge is 0.282 e. The molecule has 1 aromatic heterocycles. The number of imide groups is 1. The van der Waals surface area contributed by atoms with Crippen LogP contribution in [0.5, 0.6) is 0 Å². The van der Waals surface area contributed by atoms with Crippen LogP contribution in [0.1, 0.15) is 16.7 Å². The van der Waals surface area contributed by atoms with Crippen molar-refractivity contribution in [3.8, 4) is 0 Å². The summed E-state index contributed by atoms with van der Waals surface area (Å²) in [6, 6.07) is 17.1. The fourth-order valence-corrected chi connectivity index (χ4v) is 4.44. The molecule has 3 aromatic rings. The van der Waals surface area contributed by atoms with Crippen LogP contribution in [0, 0.1) is 13.8 Å². The van der Waals surface area contributed by atoms with Gasteiger partial charge in [0.15, 0.2) is 0 Å². The molecule has 166 valence electrons. The maximum atomic E-state index is 13.8. The highest BCUT2D eigenvalue weighted by molar-refractivity contribution is 6.45. The number of amides is 2. The van der Waals surface area contributed by atoms with Crippen LogP contribution in [0.2, 0.25) is 0 Å². The summed E-state index contributed by atoms with van der Waals surface area (Å²) >= 11 is 0. The number of nitrogens with zero attached hydrogens (tertiary/aromatic N) is 5. The monoisotopic (exact) mass is 439 g/mol. The summed E-state index contributed by atoms with van der Waals surface area (Å²) in [5.41, 5.74) is 4.23. The van der Waals surface area contributed by atoms with Gasteiger partial charge in [0.25, 0.3) is 11.8 Å².